The molecule has 1 heterocycles. The largest absolute Gasteiger partial charge is 0.310 e. The molecule has 0 aliphatic heterocycles. The molecule has 126 valence electrons. The number of nitrogens with zero attached hydrogens (tertiary/aromatic N) is 1. The summed E-state index contributed by atoms with van der Waals surface area (Å²) in [5, 5.41) is 1.38. The summed E-state index contributed by atoms with van der Waals surface area (Å²) in [5.74, 6) is 0. The third-order valence-corrected chi connectivity index (χ3v) is 5.88. The zero-order chi connectivity index (χ0) is 17.5. The molecule has 0 saturated heterocycles. The second-order valence-electron chi connectivity index (χ2n) is 6.71. The van der Waals surface area contributed by atoms with Crippen molar-refractivity contribution in [1.82, 2.24) is 4.57 Å². The van der Waals surface area contributed by atoms with Crippen LogP contribution in [0.1, 0.15) is 17.7 Å². The molecule has 4 aromatic rings. The summed E-state index contributed by atoms with van der Waals surface area (Å²) in [5.41, 5.74) is 7.85. The van der Waals surface area contributed by atoms with Crippen molar-refractivity contribution in [3.05, 3.63) is 93.7 Å². The first-order chi connectivity index (χ1) is 12.8. The van der Waals surface area contributed by atoms with Crippen LogP contribution in [0.3, 0.4) is 0 Å². The second-order valence-corrected chi connectivity index (χ2v) is 7.96. The minimum atomic E-state index is 1.13. The fourth-order valence-electron chi connectivity index (χ4n) is 3.91. The molecule has 1 nitrogen and oxygen atoms in total. The van der Waals surface area contributed by atoms with Crippen LogP contribution in [-0.2, 0) is 6.42 Å². The van der Waals surface area contributed by atoms with Crippen molar-refractivity contribution in [2.75, 3.05) is 0 Å². The fourth-order valence-corrected chi connectivity index (χ4v) is 4.27. The number of hydrogen-bond acceptors (Lipinski definition) is 0. The van der Waals surface area contributed by atoms with E-state index in [0.29, 0.717) is 0 Å². The quantitative estimate of drug-likeness (QED) is 0.296. The highest BCUT2D eigenvalue weighted by molar-refractivity contribution is 14.1. The van der Waals surface area contributed by atoms with E-state index in [1.54, 1.807) is 0 Å². The molecule has 0 bridgehead atoms. The zero-order valence-electron chi connectivity index (χ0n) is 14.3. The van der Waals surface area contributed by atoms with Gasteiger partial charge in [-0.3, -0.25) is 0 Å². The predicted octanol–water partition coefficient (Wildman–Crippen LogP) is 6.86. The van der Waals surface area contributed by atoms with Crippen molar-refractivity contribution in [1.29, 1.82) is 0 Å². The highest BCUT2D eigenvalue weighted by Gasteiger charge is 2.17. The Morgan fingerprint density at radius 2 is 1.46 bits per heavy atom. The van der Waals surface area contributed by atoms with Gasteiger partial charge in [0, 0.05) is 20.3 Å². The van der Waals surface area contributed by atoms with Gasteiger partial charge >= 0.3 is 0 Å². The number of allylic oxidation sites excluding steroid dienone is 1. The number of para-hydroxylation sites is 1. The molecule has 5 rings (SSSR count). The molecule has 0 saturated carbocycles. The average molecular weight is 447 g/mol. The van der Waals surface area contributed by atoms with E-state index in [9.17, 15) is 0 Å². The molecule has 1 aliphatic carbocycles. The summed E-state index contributed by atoms with van der Waals surface area (Å²) in [6.07, 6.45) is 6.83. The van der Waals surface area contributed by atoms with E-state index in [-0.39, 0.29) is 0 Å². The molecule has 0 fully saturated rings. The maximum absolute atomic E-state index is 2.40. The lowest BCUT2D eigenvalue weighted by Crippen LogP contribution is -2.00. The van der Waals surface area contributed by atoms with Crippen LogP contribution in [0.25, 0.3) is 33.8 Å². The van der Waals surface area contributed by atoms with Gasteiger partial charge in [0.05, 0.1) is 5.52 Å². The molecular formula is C24H18IN. The van der Waals surface area contributed by atoms with E-state index < -0.39 is 0 Å². The van der Waals surface area contributed by atoms with Gasteiger partial charge in [-0.05, 0) is 88.5 Å². The summed E-state index contributed by atoms with van der Waals surface area (Å²) < 4.78 is 3.66. The molecule has 1 aromatic heterocycles. The highest BCUT2D eigenvalue weighted by atomic mass is 127. The van der Waals surface area contributed by atoms with Gasteiger partial charge in [-0.2, -0.15) is 0 Å². The van der Waals surface area contributed by atoms with Crippen LogP contribution < -0.4 is 0 Å². The van der Waals surface area contributed by atoms with Crippen LogP contribution >= 0.6 is 22.6 Å². The number of hydrogen-bond donors (Lipinski definition) is 0. The Balaban J connectivity index is 1.65. The van der Waals surface area contributed by atoms with Crippen molar-refractivity contribution in [3.8, 4) is 16.8 Å². The van der Waals surface area contributed by atoms with Gasteiger partial charge in [0.15, 0.2) is 0 Å². The maximum atomic E-state index is 2.40. The number of benzene rings is 3. The minimum Gasteiger partial charge on any atom is -0.310 e. The molecule has 1 aliphatic rings. The molecule has 0 amide bonds. The van der Waals surface area contributed by atoms with E-state index in [2.05, 4.69) is 112 Å². The SMILES string of the molecule is Ic1ccc(-c2ccc(-n3c4c(c5ccccc53)CCC=C4)cc2)cc1. The van der Waals surface area contributed by atoms with E-state index >= 15 is 0 Å². The Labute approximate surface area is 167 Å². The maximum Gasteiger partial charge on any atom is 0.0537 e. The summed E-state index contributed by atoms with van der Waals surface area (Å²) in [6, 6.07) is 26.4. The van der Waals surface area contributed by atoms with Crippen LogP contribution in [0.4, 0.5) is 0 Å². The normalized spacial score (nSPS) is 13.1. The summed E-state index contributed by atoms with van der Waals surface area (Å²) >= 11 is 2.35. The van der Waals surface area contributed by atoms with Gasteiger partial charge in [0.1, 0.15) is 0 Å². The van der Waals surface area contributed by atoms with Gasteiger partial charge in [-0.15, -0.1) is 0 Å². The third kappa shape index (κ3) is 2.60. The van der Waals surface area contributed by atoms with Crippen LogP contribution in [-0.4, -0.2) is 4.57 Å². The lowest BCUT2D eigenvalue weighted by molar-refractivity contribution is 0.967. The first-order valence-electron chi connectivity index (χ1n) is 8.96. The topological polar surface area (TPSA) is 4.93 Å². The third-order valence-electron chi connectivity index (χ3n) is 5.16. The second kappa shape index (κ2) is 6.44. The van der Waals surface area contributed by atoms with Gasteiger partial charge in [-0.1, -0.05) is 48.5 Å². The van der Waals surface area contributed by atoms with Gasteiger partial charge in [0.2, 0.25) is 0 Å². The first kappa shape index (κ1) is 15.9. The van der Waals surface area contributed by atoms with Gasteiger partial charge < -0.3 is 4.57 Å². The van der Waals surface area contributed by atoms with Crippen molar-refractivity contribution in [3.63, 3.8) is 0 Å². The number of aryl methyl sites for hydroxylation is 1. The lowest BCUT2D eigenvalue weighted by Gasteiger charge is -2.12. The minimum absolute atomic E-state index is 1.13. The summed E-state index contributed by atoms with van der Waals surface area (Å²) in [4.78, 5) is 0. The standard InChI is InChI=1S/C24H18IN/c25-19-13-9-17(10-14-19)18-11-15-20(16-12-18)26-23-7-3-1-5-21(23)22-6-2-4-8-24(22)26/h1,3-5,7-16H,2,6H2. The number of halogens is 1. The Morgan fingerprint density at radius 1 is 0.769 bits per heavy atom. The molecule has 0 radical (unpaired) electrons. The van der Waals surface area contributed by atoms with Crippen molar-refractivity contribution in [2.45, 2.75) is 12.8 Å². The van der Waals surface area contributed by atoms with E-state index in [4.69, 9.17) is 0 Å². The highest BCUT2D eigenvalue weighted by Crippen LogP contribution is 2.34. The van der Waals surface area contributed by atoms with Gasteiger partial charge in [0.25, 0.3) is 0 Å². The van der Waals surface area contributed by atoms with Crippen molar-refractivity contribution >= 4 is 39.6 Å². The van der Waals surface area contributed by atoms with Crippen molar-refractivity contribution in [2.24, 2.45) is 0 Å². The monoisotopic (exact) mass is 447 g/mol. The Kier molecular flexibility index (Phi) is 3.93. The fraction of sp³-hybridized carbons (Fsp3) is 0.0833. The van der Waals surface area contributed by atoms with Crippen LogP contribution in [0.2, 0.25) is 0 Å². The number of fused-ring (bicyclic) bond motifs is 3. The van der Waals surface area contributed by atoms with Gasteiger partial charge in [-0.25, -0.2) is 0 Å². The Hall–Kier alpha value is -2.33. The van der Waals surface area contributed by atoms with E-state index in [0.717, 1.165) is 12.8 Å². The zero-order valence-corrected chi connectivity index (χ0v) is 16.5. The Bertz CT molecular complexity index is 1120. The molecule has 0 atom stereocenters. The molecule has 2 heteroatoms. The number of aromatic nitrogens is 1. The summed E-state index contributed by atoms with van der Waals surface area (Å²) in [6.45, 7) is 0. The molecule has 3 aromatic carbocycles. The van der Waals surface area contributed by atoms with Crippen LogP contribution in [0.15, 0.2) is 78.9 Å². The lowest BCUT2D eigenvalue weighted by atomic mass is 10.0. The smallest absolute Gasteiger partial charge is 0.0537 e. The molecule has 26 heavy (non-hydrogen) atoms. The van der Waals surface area contributed by atoms with Crippen molar-refractivity contribution < 1.29 is 0 Å². The predicted molar refractivity (Wildman–Crippen MR) is 119 cm³/mol. The molecule has 0 N–H and O–H groups in total. The summed E-state index contributed by atoms with van der Waals surface area (Å²) in [7, 11) is 0. The molecular weight excluding hydrogens is 429 g/mol. The Morgan fingerprint density at radius 3 is 2.23 bits per heavy atom. The van der Waals surface area contributed by atoms with E-state index in [1.807, 2.05) is 0 Å². The van der Waals surface area contributed by atoms with E-state index in [1.165, 1.54) is 42.5 Å². The molecule has 0 spiro atoms. The van der Waals surface area contributed by atoms with Crippen LogP contribution in [0.5, 0.6) is 0 Å². The number of rotatable bonds is 2. The average Bonchev–Trinajstić information content (AvgIpc) is 3.03. The molecule has 0 unspecified atom stereocenters. The van der Waals surface area contributed by atoms with Crippen LogP contribution in [0, 0.1) is 3.57 Å². The first-order valence-corrected chi connectivity index (χ1v) is 10.0.